The van der Waals surface area contributed by atoms with Gasteiger partial charge in [-0.05, 0) is 60.1 Å². The van der Waals surface area contributed by atoms with Gasteiger partial charge in [-0.3, -0.25) is 0 Å². The average molecular weight is 313 g/mol. The van der Waals surface area contributed by atoms with Crippen molar-refractivity contribution in [2.45, 2.75) is 23.9 Å². The van der Waals surface area contributed by atoms with E-state index in [2.05, 4.69) is 5.32 Å². The number of aryl methyl sites for hydroxylation is 1. The van der Waals surface area contributed by atoms with Crippen molar-refractivity contribution in [2.24, 2.45) is 0 Å². The largest absolute Gasteiger partial charge is 0.508 e. The van der Waals surface area contributed by atoms with Gasteiger partial charge in [0.25, 0.3) is 0 Å². The molecule has 6 heteroatoms. The van der Waals surface area contributed by atoms with E-state index in [1.54, 1.807) is 31.2 Å². The van der Waals surface area contributed by atoms with Crippen LogP contribution in [0.4, 0.5) is 18.9 Å². The van der Waals surface area contributed by atoms with E-state index in [0.717, 1.165) is 16.8 Å². The lowest BCUT2D eigenvalue weighted by atomic mass is 10.2. The second-order valence-corrected chi connectivity index (χ2v) is 5.69. The third kappa shape index (κ3) is 4.90. The molecule has 2 N–H and O–H groups in total. The van der Waals surface area contributed by atoms with Crippen molar-refractivity contribution in [1.82, 2.24) is 0 Å². The average Bonchev–Trinajstić information content (AvgIpc) is 2.40. The van der Waals surface area contributed by atoms with Crippen LogP contribution in [0.2, 0.25) is 0 Å². The van der Waals surface area contributed by atoms with Gasteiger partial charge in [-0.2, -0.15) is 13.2 Å². The topological polar surface area (TPSA) is 32.3 Å². The Morgan fingerprint density at radius 1 is 1.10 bits per heavy atom. The van der Waals surface area contributed by atoms with Crippen LogP contribution in [0.1, 0.15) is 11.1 Å². The molecule has 0 amide bonds. The Balaban J connectivity index is 1.96. The van der Waals surface area contributed by atoms with E-state index < -0.39 is 5.51 Å². The van der Waals surface area contributed by atoms with E-state index in [9.17, 15) is 18.3 Å². The molecule has 0 bridgehead atoms. The normalized spacial score (nSPS) is 11.4. The molecule has 0 saturated carbocycles. The van der Waals surface area contributed by atoms with Crippen molar-refractivity contribution < 1.29 is 18.3 Å². The summed E-state index contributed by atoms with van der Waals surface area (Å²) >= 11 is -0.121. The summed E-state index contributed by atoms with van der Waals surface area (Å²) in [4.78, 5) is 0.173. The number of thioether (sulfide) groups is 1. The van der Waals surface area contributed by atoms with Crippen LogP contribution in [0.3, 0.4) is 0 Å². The first-order valence-electron chi connectivity index (χ1n) is 6.22. The van der Waals surface area contributed by atoms with E-state index in [1.807, 2.05) is 6.07 Å². The quantitative estimate of drug-likeness (QED) is 0.620. The monoisotopic (exact) mass is 313 g/mol. The fourth-order valence-corrected chi connectivity index (χ4v) is 2.32. The van der Waals surface area contributed by atoms with Gasteiger partial charge in [-0.15, -0.1) is 0 Å². The van der Waals surface area contributed by atoms with Gasteiger partial charge < -0.3 is 10.4 Å². The minimum absolute atomic E-state index is 0.121. The van der Waals surface area contributed by atoms with Crippen molar-refractivity contribution in [2.75, 3.05) is 5.32 Å². The van der Waals surface area contributed by atoms with Crippen molar-refractivity contribution >= 4 is 17.4 Å². The fraction of sp³-hybridized carbons (Fsp3) is 0.200. The summed E-state index contributed by atoms with van der Waals surface area (Å²) in [5.41, 5.74) is -1.77. The maximum absolute atomic E-state index is 12.2. The number of aromatic hydroxyl groups is 1. The van der Waals surface area contributed by atoms with Crippen LogP contribution in [-0.4, -0.2) is 10.6 Å². The number of halogens is 3. The third-order valence-corrected chi connectivity index (χ3v) is 3.59. The molecule has 0 heterocycles. The fourth-order valence-electron chi connectivity index (χ4n) is 1.78. The Bertz CT molecular complexity index is 611. The summed E-state index contributed by atoms with van der Waals surface area (Å²) < 4.78 is 36.6. The highest BCUT2D eigenvalue weighted by Gasteiger charge is 2.28. The highest BCUT2D eigenvalue weighted by atomic mass is 32.2. The van der Waals surface area contributed by atoms with E-state index in [-0.39, 0.29) is 22.4 Å². The minimum atomic E-state index is -4.26. The van der Waals surface area contributed by atoms with Crippen LogP contribution in [0.5, 0.6) is 5.75 Å². The second-order valence-electron chi connectivity index (χ2n) is 4.55. The highest BCUT2D eigenvalue weighted by Crippen LogP contribution is 2.36. The summed E-state index contributed by atoms with van der Waals surface area (Å²) in [6, 6.07) is 11.4. The highest BCUT2D eigenvalue weighted by molar-refractivity contribution is 8.00. The van der Waals surface area contributed by atoms with Gasteiger partial charge in [0.1, 0.15) is 5.75 Å². The van der Waals surface area contributed by atoms with E-state index >= 15 is 0 Å². The summed E-state index contributed by atoms with van der Waals surface area (Å²) in [5, 5.41) is 12.6. The zero-order valence-corrected chi connectivity index (χ0v) is 12.1. The van der Waals surface area contributed by atoms with Gasteiger partial charge >= 0.3 is 5.51 Å². The number of nitrogens with one attached hydrogen (secondary N) is 1. The smallest absolute Gasteiger partial charge is 0.446 e. The zero-order chi connectivity index (χ0) is 15.5. The minimum Gasteiger partial charge on any atom is -0.508 e. The zero-order valence-electron chi connectivity index (χ0n) is 11.2. The molecule has 0 radical (unpaired) electrons. The Hall–Kier alpha value is -1.82. The van der Waals surface area contributed by atoms with Crippen molar-refractivity contribution in [3.05, 3.63) is 53.6 Å². The van der Waals surface area contributed by atoms with Crippen LogP contribution >= 0.6 is 11.8 Å². The lowest BCUT2D eigenvalue weighted by Gasteiger charge is -2.09. The predicted molar refractivity (Wildman–Crippen MR) is 78.5 cm³/mol. The van der Waals surface area contributed by atoms with Crippen LogP contribution in [-0.2, 0) is 6.54 Å². The van der Waals surface area contributed by atoms with Crippen LogP contribution in [0.25, 0.3) is 0 Å². The lowest BCUT2D eigenvalue weighted by molar-refractivity contribution is -0.0328. The van der Waals surface area contributed by atoms with Crippen molar-refractivity contribution in [3.8, 4) is 5.75 Å². The number of phenols is 1. The standard InChI is InChI=1S/C15H14F3NOS/c1-10-8-12(4-7-14(10)20)19-9-11-2-5-13(6-3-11)21-15(16,17)18/h2-8,19-20H,9H2,1H3. The molecule has 0 aromatic heterocycles. The first-order valence-corrected chi connectivity index (χ1v) is 7.03. The van der Waals surface area contributed by atoms with Crippen LogP contribution in [0, 0.1) is 6.92 Å². The number of rotatable bonds is 4. The number of hydrogen-bond donors (Lipinski definition) is 2. The molecule has 112 valence electrons. The molecule has 0 aliphatic rings. The second kappa shape index (κ2) is 6.30. The number of anilines is 1. The van der Waals surface area contributed by atoms with Gasteiger partial charge in [0.2, 0.25) is 0 Å². The van der Waals surface area contributed by atoms with Gasteiger partial charge in [0.15, 0.2) is 0 Å². The number of alkyl halides is 3. The molecule has 0 unspecified atom stereocenters. The van der Waals surface area contributed by atoms with Crippen LogP contribution in [0.15, 0.2) is 47.4 Å². The molecule has 21 heavy (non-hydrogen) atoms. The molecule has 0 spiro atoms. The predicted octanol–water partition coefficient (Wildman–Crippen LogP) is 4.92. The molecule has 2 nitrogen and oxygen atoms in total. The molecular formula is C15H14F3NOS. The summed E-state index contributed by atoms with van der Waals surface area (Å²) in [7, 11) is 0. The lowest BCUT2D eigenvalue weighted by Crippen LogP contribution is -2.01. The summed E-state index contributed by atoms with van der Waals surface area (Å²) in [6.45, 7) is 2.30. The first-order chi connectivity index (χ1) is 9.83. The van der Waals surface area contributed by atoms with Gasteiger partial charge in [0, 0.05) is 17.1 Å². The molecule has 0 aliphatic carbocycles. The van der Waals surface area contributed by atoms with Gasteiger partial charge in [0.05, 0.1) is 0 Å². The van der Waals surface area contributed by atoms with Crippen molar-refractivity contribution in [3.63, 3.8) is 0 Å². The summed E-state index contributed by atoms with van der Waals surface area (Å²) in [6.07, 6.45) is 0. The first kappa shape index (κ1) is 15.6. The number of hydrogen-bond acceptors (Lipinski definition) is 3. The number of phenolic OH excluding ortho intramolecular Hbond substituents is 1. The molecule has 0 aliphatic heterocycles. The maximum atomic E-state index is 12.2. The van der Waals surface area contributed by atoms with Crippen LogP contribution < -0.4 is 5.32 Å². The van der Waals surface area contributed by atoms with Crippen molar-refractivity contribution in [1.29, 1.82) is 0 Å². The molecule has 0 atom stereocenters. The molecule has 2 aromatic rings. The molecule has 0 saturated heterocycles. The summed E-state index contributed by atoms with van der Waals surface area (Å²) in [5.74, 6) is 0.231. The number of benzene rings is 2. The Labute approximate surface area is 125 Å². The molecule has 2 aromatic carbocycles. The third-order valence-electron chi connectivity index (χ3n) is 2.85. The Kier molecular flexibility index (Phi) is 4.67. The Morgan fingerprint density at radius 3 is 2.33 bits per heavy atom. The molecule has 2 rings (SSSR count). The van der Waals surface area contributed by atoms with Gasteiger partial charge in [-0.1, -0.05) is 12.1 Å². The maximum Gasteiger partial charge on any atom is 0.446 e. The van der Waals surface area contributed by atoms with Gasteiger partial charge in [-0.25, -0.2) is 0 Å². The molecular weight excluding hydrogens is 299 g/mol. The Morgan fingerprint density at radius 2 is 1.76 bits per heavy atom. The van der Waals surface area contributed by atoms with E-state index in [4.69, 9.17) is 0 Å². The van der Waals surface area contributed by atoms with E-state index in [0.29, 0.717) is 6.54 Å². The SMILES string of the molecule is Cc1cc(NCc2ccc(SC(F)(F)F)cc2)ccc1O. The van der Waals surface area contributed by atoms with E-state index in [1.165, 1.54) is 12.1 Å². The molecule has 0 fully saturated rings.